The van der Waals surface area contributed by atoms with E-state index >= 15 is 0 Å². The number of amides is 1. The van der Waals surface area contributed by atoms with Crippen LogP contribution in [0, 0.1) is 13.8 Å². The number of carbonyl (C=O) groups is 1. The maximum atomic E-state index is 12.7. The zero-order chi connectivity index (χ0) is 17.4. The summed E-state index contributed by atoms with van der Waals surface area (Å²) in [6.07, 6.45) is 2.44. The molecule has 1 N–H and O–H groups in total. The Morgan fingerprint density at radius 3 is 2.92 bits per heavy atom. The molecule has 1 aliphatic heterocycles. The lowest BCUT2D eigenvalue weighted by atomic mass is 10.1. The van der Waals surface area contributed by atoms with Crippen molar-refractivity contribution >= 4 is 23.4 Å². The quantitative estimate of drug-likeness (QED) is 0.785. The molecule has 0 spiro atoms. The van der Waals surface area contributed by atoms with Crippen molar-refractivity contribution in [3.05, 3.63) is 65.7 Å². The molecule has 1 amide bonds. The summed E-state index contributed by atoms with van der Waals surface area (Å²) in [5.41, 5.74) is 4.21. The minimum absolute atomic E-state index is 0.0384. The van der Waals surface area contributed by atoms with Gasteiger partial charge in [-0.15, -0.1) is 22.0 Å². The van der Waals surface area contributed by atoms with Crippen LogP contribution in [0.25, 0.3) is 5.69 Å². The van der Waals surface area contributed by atoms with Gasteiger partial charge in [-0.1, -0.05) is 23.8 Å². The Hall–Kier alpha value is -2.60. The summed E-state index contributed by atoms with van der Waals surface area (Å²) in [5, 5.41) is 10.9. The van der Waals surface area contributed by atoms with Gasteiger partial charge in [-0.05, 0) is 50.1 Å². The Balaban J connectivity index is 1.50. The SMILES string of the molecule is Cc1ccc2c(c1)CC(C(=O)Nc1cccc(-n3cnnc3C)c1)S2. The second-order valence-corrected chi connectivity index (χ2v) is 7.45. The van der Waals surface area contributed by atoms with E-state index in [0.29, 0.717) is 0 Å². The van der Waals surface area contributed by atoms with E-state index in [1.807, 2.05) is 35.8 Å². The summed E-state index contributed by atoms with van der Waals surface area (Å²) in [6.45, 7) is 3.98. The number of nitrogens with one attached hydrogen (secondary N) is 1. The maximum Gasteiger partial charge on any atom is 0.238 e. The van der Waals surface area contributed by atoms with Gasteiger partial charge in [0.2, 0.25) is 5.91 Å². The number of aromatic nitrogens is 3. The highest BCUT2D eigenvalue weighted by molar-refractivity contribution is 8.01. The number of hydrogen-bond acceptors (Lipinski definition) is 4. The van der Waals surface area contributed by atoms with E-state index in [1.54, 1.807) is 18.1 Å². The molecular formula is C19H18N4OS. The molecule has 0 bridgehead atoms. The van der Waals surface area contributed by atoms with Crippen molar-refractivity contribution in [2.24, 2.45) is 0 Å². The van der Waals surface area contributed by atoms with Gasteiger partial charge < -0.3 is 5.32 Å². The fourth-order valence-electron chi connectivity index (χ4n) is 3.03. The highest BCUT2D eigenvalue weighted by Gasteiger charge is 2.28. The standard InChI is InChI=1S/C19H18N4OS/c1-12-6-7-17-14(8-12)9-18(25-17)19(24)21-15-4-3-5-16(10-15)23-11-20-22-13(23)2/h3-8,10-11,18H,9H2,1-2H3,(H,21,24). The number of anilines is 1. The predicted molar refractivity (Wildman–Crippen MR) is 99.3 cm³/mol. The maximum absolute atomic E-state index is 12.7. The molecule has 6 heteroatoms. The Labute approximate surface area is 150 Å². The Bertz CT molecular complexity index is 950. The molecule has 3 aromatic rings. The molecule has 0 radical (unpaired) electrons. The van der Waals surface area contributed by atoms with Crippen molar-refractivity contribution in [2.45, 2.75) is 30.4 Å². The first-order chi connectivity index (χ1) is 12.1. The predicted octanol–water partition coefficient (Wildman–Crippen LogP) is 3.54. The van der Waals surface area contributed by atoms with Crippen LogP contribution < -0.4 is 5.32 Å². The number of benzene rings is 2. The molecule has 1 atom stereocenters. The number of aryl methyl sites for hydroxylation is 2. The Morgan fingerprint density at radius 2 is 2.12 bits per heavy atom. The van der Waals surface area contributed by atoms with Crippen molar-refractivity contribution in [3.8, 4) is 5.69 Å². The number of fused-ring (bicyclic) bond motifs is 1. The van der Waals surface area contributed by atoms with E-state index in [9.17, 15) is 4.79 Å². The van der Waals surface area contributed by atoms with E-state index < -0.39 is 0 Å². The number of thioether (sulfide) groups is 1. The van der Waals surface area contributed by atoms with Crippen LogP contribution in [0.5, 0.6) is 0 Å². The summed E-state index contributed by atoms with van der Waals surface area (Å²) in [5.74, 6) is 0.845. The second kappa shape index (κ2) is 6.37. The van der Waals surface area contributed by atoms with Crippen LogP contribution in [0.1, 0.15) is 17.0 Å². The zero-order valence-corrected chi connectivity index (χ0v) is 14.9. The molecule has 126 valence electrons. The molecule has 2 heterocycles. The average molecular weight is 350 g/mol. The van der Waals surface area contributed by atoms with Crippen LogP contribution in [0.4, 0.5) is 5.69 Å². The largest absolute Gasteiger partial charge is 0.325 e. The van der Waals surface area contributed by atoms with Crippen LogP contribution in [0.15, 0.2) is 53.7 Å². The molecule has 1 aromatic heterocycles. The third-order valence-corrected chi connectivity index (χ3v) is 5.61. The van der Waals surface area contributed by atoms with Crippen LogP contribution in [0.3, 0.4) is 0 Å². The Morgan fingerprint density at radius 1 is 1.24 bits per heavy atom. The first kappa shape index (κ1) is 15.9. The lowest BCUT2D eigenvalue weighted by Gasteiger charge is -2.11. The summed E-state index contributed by atoms with van der Waals surface area (Å²) >= 11 is 1.64. The zero-order valence-electron chi connectivity index (χ0n) is 14.1. The number of nitrogens with zero attached hydrogens (tertiary/aromatic N) is 3. The molecule has 5 nitrogen and oxygen atoms in total. The topological polar surface area (TPSA) is 59.8 Å². The molecule has 1 unspecified atom stereocenters. The summed E-state index contributed by atoms with van der Waals surface area (Å²) in [6, 6.07) is 14.1. The smallest absolute Gasteiger partial charge is 0.238 e. The average Bonchev–Trinajstić information content (AvgIpc) is 3.20. The normalized spacial score (nSPS) is 15.8. The van der Waals surface area contributed by atoms with Gasteiger partial charge in [0.25, 0.3) is 0 Å². The van der Waals surface area contributed by atoms with Gasteiger partial charge in [0.05, 0.1) is 10.9 Å². The molecule has 2 aromatic carbocycles. The molecule has 0 saturated carbocycles. The van der Waals surface area contributed by atoms with Gasteiger partial charge in [0.1, 0.15) is 12.2 Å². The van der Waals surface area contributed by atoms with Crippen LogP contribution in [-0.4, -0.2) is 25.9 Å². The minimum Gasteiger partial charge on any atom is -0.325 e. The van der Waals surface area contributed by atoms with E-state index in [0.717, 1.165) is 23.6 Å². The third-order valence-electron chi connectivity index (χ3n) is 4.29. The van der Waals surface area contributed by atoms with Crippen LogP contribution in [-0.2, 0) is 11.2 Å². The van der Waals surface area contributed by atoms with Gasteiger partial charge in [-0.25, -0.2) is 0 Å². The van der Waals surface area contributed by atoms with Crippen molar-refractivity contribution in [3.63, 3.8) is 0 Å². The van der Waals surface area contributed by atoms with E-state index in [2.05, 4.69) is 40.6 Å². The Kier molecular flexibility index (Phi) is 4.05. The van der Waals surface area contributed by atoms with E-state index in [-0.39, 0.29) is 11.2 Å². The van der Waals surface area contributed by atoms with Crippen LogP contribution in [0.2, 0.25) is 0 Å². The highest BCUT2D eigenvalue weighted by Crippen LogP contribution is 2.38. The highest BCUT2D eigenvalue weighted by atomic mass is 32.2. The van der Waals surface area contributed by atoms with Crippen LogP contribution >= 0.6 is 11.8 Å². The molecule has 4 rings (SSSR count). The first-order valence-electron chi connectivity index (χ1n) is 8.14. The van der Waals surface area contributed by atoms with Crippen molar-refractivity contribution in [1.29, 1.82) is 0 Å². The van der Waals surface area contributed by atoms with Gasteiger partial charge in [0.15, 0.2) is 0 Å². The van der Waals surface area contributed by atoms with Crippen molar-refractivity contribution in [1.82, 2.24) is 14.8 Å². The van der Waals surface area contributed by atoms with Crippen molar-refractivity contribution in [2.75, 3.05) is 5.32 Å². The molecule has 25 heavy (non-hydrogen) atoms. The van der Waals surface area contributed by atoms with Gasteiger partial charge >= 0.3 is 0 Å². The third kappa shape index (κ3) is 3.17. The second-order valence-electron chi connectivity index (χ2n) is 6.21. The lowest BCUT2D eigenvalue weighted by Crippen LogP contribution is -2.24. The lowest BCUT2D eigenvalue weighted by molar-refractivity contribution is -0.115. The van der Waals surface area contributed by atoms with Gasteiger partial charge in [-0.2, -0.15) is 0 Å². The fourth-order valence-corrected chi connectivity index (χ4v) is 4.20. The minimum atomic E-state index is -0.0860. The monoisotopic (exact) mass is 350 g/mol. The van der Waals surface area contributed by atoms with Gasteiger partial charge in [-0.3, -0.25) is 9.36 Å². The summed E-state index contributed by atoms with van der Waals surface area (Å²) in [7, 11) is 0. The molecule has 0 aliphatic carbocycles. The molecule has 0 fully saturated rings. The number of carbonyl (C=O) groups excluding carboxylic acids is 1. The first-order valence-corrected chi connectivity index (χ1v) is 9.02. The summed E-state index contributed by atoms with van der Waals surface area (Å²) < 4.78 is 1.89. The van der Waals surface area contributed by atoms with E-state index in [1.165, 1.54) is 16.0 Å². The number of rotatable bonds is 3. The van der Waals surface area contributed by atoms with Gasteiger partial charge in [0, 0.05) is 10.6 Å². The molecular weight excluding hydrogens is 332 g/mol. The molecule has 0 saturated heterocycles. The van der Waals surface area contributed by atoms with Crippen molar-refractivity contribution < 1.29 is 4.79 Å². The number of hydrogen-bond donors (Lipinski definition) is 1. The fraction of sp³-hybridized carbons (Fsp3) is 0.211. The summed E-state index contributed by atoms with van der Waals surface area (Å²) in [4.78, 5) is 13.9. The van der Waals surface area contributed by atoms with E-state index in [4.69, 9.17) is 0 Å². The molecule has 1 aliphatic rings.